The third-order valence-electron chi connectivity index (χ3n) is 3.78. The molecular formula is C15H24N4O. The van der Waals surface area contributed by atoms with Crippen LogP contribution < -0.4 is 16.0 Å². The number of nitrogens with one attached hydrogen (secondary N) is 1. The monoisotopic (exact) mass is 276 g/mol. The van der Waals surface area contributed by atoms with Crippen LogP contribution in [0.25, 0.3) is 0 Å². The Morgan fingerprint density at radius 3 is 2.90 bits per heavy atom. The van der Waals surface area contributed by atoms with Crippen molar-refractivity contribution in [1.29, 1.82) is 0 Å². The molecule has 0 aromatic carbocycles. The van der Waals surface area contributed by atoms with Gasteiger partial charge in [-0.1, -0.05) is 6.42 Å². The highest BCUT2D eigenvalue weighted by molar-refractivity contribution is 5.93. The molecule has 1 unspecified atom stereocenters. The maximum absolute atomic E-state index is 11.4. The van der Waals surface area contributed by atoms with Gasteiger partial charge in [0, 0.05) is 30.4 Å². The van der Waals surface area contributed by atoms with Gasteiger partial charge in [0.2, 0.25) is 5.91 Å². The van der Waals surface area contributed by atoms with Crippen LogP contribution in [0, 0.1) is 6.92 Å². The second-order valence-electron chi connectivity index (χ2n) is 5.41. The lowest BCUT2D eigenvalue weighted by molar-refractivity contribution is 0.1000. The molecule has 0 aliphatic carbocycles. The molecule has 5 nitrogen and oxygen atoms in total. The van der Waals surface area contributed by atoms with Crippen molar-refractivity contribution in [1.82, 2.24) is 10.3 Å². The molecule has 1 fully saturated rings. The summed E-state index contributed by atoms with van der Waals surface area (Å²) in [6.07, 6.45) is 3.74. The van der Waals surface area contributed by atoms with Gasteiger partial charge < -0.3 is 16.0 Å². The number of pyridine rings is 1. The molecule has 1 aliphatic rings. The van der Waals surface area contributed by atoms with E-state index in [4.69, 9.17) is 5.73 Å². The Morgan fingerprint density at radius 1 is 1.50 bits per heavy atom. The highest BCUT2D eigenvalue weighted by Crippen LogP contribution is 2.17. The minimum atomic E-state index is -0.399. The average molecular weight is 276 g/mol. The summed E-state index contributed by atoms with van der Waals surface area (Å²) in [4.78, 5) is 18.1. The summed E-state index contributed by atoms with van der Waals surface area (Å²) < 4.78 is 0. The van der Waals surface area contributed by atoms with E-state index in [2.05, 4.69) is 22.1 Å². The summed E-state index contributed by atoms with van der Waals surface area (Å²) in [6.45, 7) is 6.88. The van der Waals surface area contributed by atoms with Crippen molar-refractivity contribution in [3.8, 4) is 0 Å². The standard InChI is InChI=1S/C15H24N4O/c1-3-19(10-13-6-4-5-7-17-13)14-9-12(15(16)20)8-11(2)18-14/h8-9,13,17H,3-7,10H2,1-2H3,(H2,16,20). The third kappa shape index (κ3) is 3.70. The number of aromatic nitrogens is 1. The van der Waals surface area contributed by atoms with Gasteiger partial charge in [0.05, 0.1) is 0 Å². The molecular weight excluding hydrogens is 252 g/mol. The van der Waals surface area contributed by atoms with Crippen molar-refractivity contribution in [3.63, 3.8) is 0 Å². The Kier molecular flexibility index (Phi) is 4.95. The van der Waals surface area contributed by atoms with Crippen molar-refractivity contribution in [3.05, 3.63) is 23.4 Å². The van der Waals surface area contributed by atoms with Gasteiger partial charge in [0.25, 0.3) is 0 Å². The fourth-order valence-electron chi connectivity index (χ4n) is 2.69. The van der Waals surface area contributed by atoms with Crippen LogP contribution in [0.4, 0.5) is 5.82 Å². The first kappa shape index (κ1) is 14.8. The van der Waals surface area contributed by atoms with Gasteiger partial charge in [-0.3, -0.25) is 4.79 Å². The maximum Gasteiger partial charge on any atom is 0.248 e. The Labute approximate surface area is 120 Å². The van der Waals surface area contributed by atoms with Crippen LogP contribution in [-0.4, -0.2) is 36.6 Å². The average Bonchev–Trinajstić information content (AvgIpc) is 2.45. The zero-order valence-corrected chi connectivity index (χ0v) is 12.4. The van der Waals surface area contributed by atoms with E-state index in [1.165, 1.54) is 19.3 Å². The number of carbonyl (C=O) groups excluding carboxylic acids is 1. The van der Waals surface area contributed by atoms with Gasteiger partial charge in [-0.05, 0) is 45.4 Å². The Balaban J connectivity index is 2.15. The molecule has 2 rings (SSSR count). The molecule has 2 heterocycles. The maximum atomic E-state index is 11.4. The predicted octanol–water partition coefficient (Wildman–Crippen LogP) is 1.46. The van der Waals surface area contributed by atoms with Crippen LogP contribution in [-0.2, 0) is 0 Å². The largest absolute Gasteiger partial charge is 0.366 e. The minimum absolute atomic E-state index is 0.399. The first-order chi connectivity index (χ1) is 9.60. The summed E-state index contributed by atoms with van der Waals surface area (Å²) >= 11 is 0. The Bertz CT molecular complexity index is 469. The smallest absolute Gasteiger partial charge is 0.248 e. The molecule has 1 atom stereocenters. The molecule has 0 saturated carbocycles. The zero-order chi connectivity index (χ0) is 14.5. The number of hydrogen-bond donors (Lipinski definition) is 2. The molecule has 5 heteroatoms. The molecule has 1 aromatic rings. The first-order valence-corrected chi connectivity index (χ1v) is 7.37. The molecule has 0 bridgehead atoms. The van der Waals surface area contributed by atoms with Gasteiger partial charge in [-0.15, -0.1) is 0 Å². The van der Waals surface area contributed by atoms with Gasteiger partial charge in [0.1, 0.15) is 5.82 Å². The summed E-state index contributed by atoms with van der Waals surface area (Å²) in [5.41, 5.74) is 6.74. The summed E-state index contributed by atoms with van der Waals surface area (Å²) in [7, 11) is 0. The number of anilines is 1. The second-order valence-corrected chi connectivity index (χ2v) is 5.41. The molecule has 1 amide bonds. The van der Waals surface area contributed by atoms with Crippen molar-refractivity contribution in [2.24, 2.45) is 5.73 Å². The highest BCUT2D eigenvalue weighted by atomic mass is 16.1. The number of likely N-dealkylation sites (N-methyl/N-ethyl adjacent to an activating group) is 1. The lowest BCUT2D eigenvalue weighted by atomic mass is 10.0. The zero-order valence-electron chi connectivity index (χ0n) is 12.4. The molecule has 1 saturated heterocycles. The van der Waals surface area contributed by atoms with Crippen LogP contribution >= 0.6 is 0 Å². The predicted molar refractivity (Wildman–Crippen MR) is 81.0 cm³/mol. The van der Waals surface area contributed by atoms with Crippen LogP contribution in [0.1, 0.15) is 42.2 Å². The first-order valence-electron chi connectivity index (χ1n) is 7.37. The van der Waals surface area contributed by atoms with E-state index in [-0.39, 0.29) is 0 Å². The summed E-state index contributed by atoms with van der Waals surface area (Å²) in [5.74, 6) is 0.442. The van der Waals surface area contributed by atoms with E-state index in [1.54, 1.807) is 12.1 Å². The van der Waals surface area contributed by atoms with Crippen molar-refractivity contribution >= 4 is 11.7 Å². The summed E-state index contributed by atoms with van der Waals surface area (Å²) in [5, 5.41) is 3.54. The van der Waals surface area contributed by atoms with Crippen LogP contribution in [0.15, 0.2) is 12.1 Å². The quantitative estimate of drug-likeness (QED) is 0.854. The molecule has 1 aromatic heterocycles. The molecule has 1 aliphatic heterocycles. The lowest BCUT2D eigenvalue weighted by Gasteiger charge is -2.31. The van der Waals surface area contributed by atoms with E-state index in [0.29, 0.717) is 11.6 Å². The number of aryl methyl sites for hydroxylation is 1. The molecule has 0 spiro atoms. The molecule has 3 N–H and O–H groups in total. The molecule has 110 valence electrons. The highest BCUT2D eigenvalue weighted by Gasteiger charge is 2.17. The number of nitrogens with two attached hydrogens (primary N) is 1. The Morgan fingerprint density at radius 2 is 2.30 bits per heavy atom. The molecule has 20 heavy (non-hydrogen) atoms. The lowest BCUT2D eigenvalue weighted by Crippen LogP contribution is -2.44. The number of amides is 1. The second kappa shape index (κ2) is 6.70. The number of carbonyl (C=O) groups is 1. The van der Waals surface area contributed by atoms with Crippen LogP contribution in [0.2, 0.25) is 0 Å². The minimum Gasteiger partial charge on any atom is -0.366 e. The van der Waals surface area contributed by atoms with E-state index < -0.39 is 5.91 Å². The van der Waals surface area contributed by atoms with E-state index >= 15 is 0 Å². The van der Waals surface area contributed by atoms with Crippen molar-refractivity contribution in [2.45, 2.75) is 39.2 Å². The topological polar surface area (TPSA) is 71.2 Å². The molecule has 0 radical (unpaired) electrons. The number of rotatable bonds is 5. The van der Waals surface area contributed by atoms with Crippen molar-refractivity contribution < 1.29 is 4.79 Å². The summed E-state index contributed by atoms with van der Waals surface area (Å²) in [6, 6.07) is 4.03. The number of piperidine rings is 1. The van der Waals surface area contributed by atoms with Gasteiger partial charge in [-0.25, -0.2) is 4.98 Å². The van der Waals surface area contributed by atoms with E-state index in [0.717, 1.165) is 31.1 Å². The van der Waals surface area contributed by atoms with Gasteiger partial charge in [-0.2, -0.15) is 0 Å². The van der Waals surface area contributed by atoms with Crippen molar-refractivity contribution in [2.75, 3.05) is 24.5 Å². The fourth-order valence-corrected chi connectivity index (χ4v) is 2.69. The normalized spacial score (nSPS) is 18.8. The number of hydrogen-bond acceptors (Lipinski definition) is 4. The SMILES string of the molecule is CCN(CC1CCCCN1)c1cc(C(N)=O)cc(C)n1. The van der Waals surface area contributed by atoms with E-state index in [1.807, 2.05) is 6.92 Å². The number of nitrogens with zero attached hydrogens (tertiary/aromatic N) is 2. The van der Waals surface area contributed by atoms with Crippen LogP contribution in [0.5, 0.6) is 0 Å². The Hall–Kier alpha value is -1.62. The fraction of sp³-hybridized carbons (Fsp3) is 0.600. The third-order valence-corrected chi connectivity index (χ3v) is 3.78. The number of primary amides is 1. The van der Waals surface area contributed by atoms with Gasteiger partial charge >= 0.3 is 0 Å². The van der Waals surface area contributed by atoms with E-state index in [9.17, 15) is 4.79 Å². The van der Waals surface area contributed by atoms with Crippen LogP contribution in [0.3, 0.4) is 0 Å². The van der Waals surface area contributed by atoms with Gasteiger partial charge in [0.15, 0.2) is 0 Å².